The van der Waals surface area contributed by atoms with Crippen LogP contribution in [-0.2, 0) is 16.0 Å². The number of alkyl halides is 3. The predicted molar refractivity (Wildman–Crippen MR) is 94.1 cm³/mol. The molecule has 1 aromatic carbocycles. The maximum atomic E-state index is 12.5. The van der Waals surface area contributed by atoms with Crippen LogP contribution in [0.25, 0.3) is 0 Å². The Morgan fingerprint density at radius 1 is 1.08 bits per heavy atom. The third kappa shape index (κ3) is 7.35. The summed E-state index contributed by atoms with van der Waals surface area (Å²) in [5.41, 5.74) is -0.838. The Morgan fingerprint density at radius 2 is 1.71 bits per heavy atom. The summed E-state index contributed by atoms with van der Waals surface area (Å²) in [5, 5.41) is 0. The Kier molecular flexibility index (Phi) is 8.45. The minimum absolute atomic E-state index is 0.0328. The maximum absolute atomic E-state index is 12.5. The summed E-state index contributed by atoms with van der Waals surface area (Å²) in [6.07, 6.45) is -2.12. The molecule has 0 amide bonds. The van der Waals surface area contributed by atoms with Crippen LogP contribution in [0.2, 0.25) is 12.1 Å². The highest BCUT2D eigenvalue weighted by Gasteiger charge is 2.30. The highest BCUT2D eigenvalue weighted by Crippen LogP contribution is 2.29. The molecule has 8 heteroatoms. The number of nitrogens with zero attached hydrogens (tertiary/aromatic N) is 1. The maximum Gasteiger partial charge on any atom is 0.416 e. The number of sulfone groups is 1. The van der Waals surface area contributed by atoms with Gasteiger partial charge in [-0.3, -0.25) is 0 Å². The smallest absolute Gasteiger partial charge is 0.305 e. The zero-order chi connectivity index (χ0) is 18.2. The summed E-state index contributed by atoms with van der Waals surface area (Å²) >= 11 is 0. The van der Waals surface area contributed by atoms with Gasteiger partial charge < -0.3 is 4.90 Å². The average Bonchev–Trinajstić information content (AvgIpc) is 2.52. The third-order valence-electron chi connectivity index (χ3n) is 3.93. The van der Waals surface area contributed by atoms with Crippen molar-refractivity contribution in [2.75, 3.05) is 25.9 Å². The predicted octanol–water partition coefficient (Wildman–Crippen LogP) is 3.22. The van der Waals surface area contributed by atoms with E-state index in [4.69, 9.17) is 0 Å². The lowest BCUT2D eigenvalue weighted by Crippen LogP contribution is -2.27. The van der Waals surface area contributed by atoms with Gasteiger partial charge in [0.2, 0.25) is 0 Å². The Morgan fingerprint density at radius 3 is 2.25 bits per heavy atom. The van der Waals surface area contributed by atoms with Gasteiger partial charge in [-0.05, 0) is 44.3 Å². The lowest BCUT2D eigenvalue weighted by atomic mass is 10.2. The Labute approximate surface area is 145 Å². The van der Waals surface area contributed by atoms with Gasteiger partial charge in [0, 0.05) is 16.1 Å². The summed E-state index contributed by atoms with van der Waals surface area (Å²) in [6, 6.07) is 6.32. The molecular weight excluding hydrogens is 355 g/mol. The second kappa shape index (κ2) is 9.58. The molecule has 0 aliphatic rings. The molecule has 1 aromatic rings. The van der Waals surface area contributed by atoms with Crippen LogP contribution >= 0.6 is 0 Å². The van der Waals surface area contributed by atoms with Crippen LogP contribution in [0.1, 0.15) is 25.3 Å². The summed E-state index contributed by atoms with van der Waals surface area (Å²) in [7, 11) is -1.65. The number of halogens is 3. The van der Waals surface area contributed by atoms with Crippen LogP contribution < -0.4 is 0 Å². The lowest BCUT2D eigenvalue weighted by Gasteiger charge is -2.16. The molecule has 0 N–H and O–H groups in total. The van der Waals surface area contributed by atoms with Crippen LogP contribution in [0.4, 0.5) is 13.2 Å². The van der Waals surface area contributed by atoms with E-state index in [0.29, 0.717) is 6.54 Å². The third-order valence-corrected chi connectivity index (χ3v) is 7.84. The molecular formula is C16H26F3NO2SSi. The zero-order valence-electron chi connectivity index (χ0n) is 14.3. The van der Waals surface area contributed by atoms with E-state index in [1.165, 1.54) is 18.5 Å². The SMILES string of the molecule is CCC[SiH2]CCCN(C)CCS(=O)(=O)c1ccc(C(F)(F)F)cc1. The minimum atomic E-state index is -4.45. The zero-order valence-corrected chi connectivity index (χ0v) is 16.5. The van der Waals surface area contributed by atoms with Crippen molar-refractivity contribution in [1.82, 2.24) is 4.90 Å². The molecule has 0 heterocycles. The fourth-order valence-electron chi connectivity index (χ4n) is 2.34. The molecule has 0 aliphatic carbocycles. The van der Waals surface area contributed by atoms with Crippen molar-refractivity contribution in [1.29, 1.82) is 0 Å². The van der Waals surface area contributed by atoms with Crippen LogP contribution in [0, 0.1) is 0 Å². The molecule has 0 saturated carbocycles. The highest BCUT2D eigenvalue weighted by molar-refractivity contribution is 7.91. The van der Waals surface area contributed by atoms with E-state index < -0.39 is 21.6 Å². The molecule has 138 valence electrons. The van der Waals surface area contributed by atoms with Gasteiger partial charge >= 0.3 is 6.18 Å². The molecule has 1 rings (SSSR count). The van der Waals surface area contributed by atoms with Crippen LogP contribution in [-0.4, -0.2) is 48.7 Å². The average molecular weight is 382 g/mol. The highest BCUT2D eigenvalue weighted by atomic mass is 32.2. The topological polar surface area (TPSA) is 37.4 Å². The first-order valence-electron chi connectivity index (χ1n) is 8.25. The van der Waals surface area contributed by atoms with E-state index in [0.717, 1.165) is 37.2 Å². The molecule has 0 fully saturated rings. The first-order valence-corrected chi connectivity index (χ1v) is 11.9. The minimum Gasteiger partial charge on any atom is -0.305 e. The molecule has 0 radical (unpaired) electrons. The van der Waals surface area contributed by atoms with E-state index in [1.54, 1.807) is 0 Å². The molecule has 0 aliphatic heterocycles. The number of hydrogen-bond acceptors (Lipinski definition) is 3. The second-order valence-corrected chi connectivity index (χ2v) is 10.3. The number of benzene rings is 1. The fraction of sp³-hybridized carbons (Fsp3) is 0.625. The normalized spacial score (nSPS) is 13.2. The van der Waals surface area contributed by atoms with Gasteiger partial charge in [-0.1, -0.05) is 25.4 Å². The van der Waals surface area contributed by atoms with Crippen molar-refractivity contribution in [3.8, 4) is 0 Å². The Hall–Kier alpha value is -0.863. The van der Waals surface area contributed by atoms with Crippen LogP contribution in [0.3, 0.4) is 0 Å². The molecule has 0 spiro atoms. The summed E-state index contributed by atoms with van der Waals surface area (Å²) < 4.78 is 62.0. The van der Waals surface area contributed by atoms with Gasteiger partial charge in [0.05, 0.1) is 16.2 Å². The van der Waals surface area contributed by atoms with E-state index in [-0.39, 0.29) is 20.2 Å². The summed E-state index contributed by atoms with van der Waals surface area (Å²) in [6.45, 7) is 3.43. The Bertz CT molecular complexity index is 588. The lowest BCUT2D eigenvalue weighted by molar-refractivity contribution is -0.137. The molecule has 0 unspecified atom stereocenters. The van der Waals surface area contributed by atoms with Gasteiger partial charge in [0.15, 0.2) is 9.84 Å². The van der Waals surface area contributed by atoms with Crippen molar-refractivity contribution in [2.45, 2.75) is 42.9 Å². The number of hydrogen-bond donors (Lipinski definition) is 0. The van der Waals surface area contributed by atoms with E-state index >= 15 is 0 Å². The van der Waals surface area contributed by atoms with Crippen molar-refractivity contribution >= 4 is 19.4 Å². The second-order valence-electron chi connectivity index (χ2n) is 6.06. The summed E-state index contributed by atoms with van der Waals surface area (Å²) in [4.78, 5) is 1.92. The first kappa shape index (κ1) is 21.2. The molecule has 0 saturated heterocycles. The van der Waals surface area contributed by atoms with Gasteiger partial charge in [-0.15, -0.1) is 0 Å². The van der Waals surface area contributed by atoms with Crippen LogP contribution in [0.5, 0.6) is 0 Å². The van der Waals surface area contributed by atoms with Crippen molar-refractivity contribution < 1.29 is 21.6 Å². The van der Waals surface area contributed by atoms with Crippen molar-refractivity contribution in [3.05, 3.63) is 29.8 Å². The van der Waals surface area contributed by atoms with Gasteiger partial charge in [0.1, 0.15) is 0 Å². The van der Waals surface area contributed by atoms with Gasteiger partial charge in [-0.2, -0.15) is 13.2 Å². The summed E-state index contributed by atoms with van der Waals surface area (Å²) in [5.74, 6) is -0.0821. The van der Waals surface area contributed by atoms with Gasteiger partial charge in [0.25, 0.3) is 0 Å². The molecule has 0 aromatic heterocycles. The van der Waals surface area contributed by atoms with Crippen LogP contribution in [0.15, 0.2) is 29.2 Å². The molecule has 24 heavy (non-hydrogen) atoms. The van der Waals surface area contributed by atoms with Crippen molar-refractivity contribution in [3.63, 3.8) is 0 Å². The van der Waals surface area contributed by atoms with E-state index in [1.807, 2.05) is 11.9 Å². The molecule has 3 nitrogen and oxygen atoms in total. The largest absolute Gasteiger partial charge is 0.416 e. The van der Waals surface area contributed by atoms with Crippen molar-refractivity contribution in [2.24, 2.45) is 0 Å². The monoisotopic (exact) mass is 381 g/mol. The Balaban J connectivity index is 2.48. The standard InChI is InChI=1S/C16H26F3NO2SSi/c1-3-12-24-13-4-9-20(2)10-11-23(21,22)15-7-5-14(6-8-15)16(17,18)19/h5-8H,3-4,9-13,24H2,1-2H3. The molecule has 0 atom stereocenters. The van der Waals surface area contributed by atoms with E-state index in [2.05, 4.69) is 6.92 Å². The molecule has 0 bridgehead atoms. The fourth-order valence-corrected chi connectivity index (χ4v) is 5.11. The first-order chi connectivity index (χ1) is 11.2. The van der Waals surface area contributed by atoms with E-state index in [9.17, 15) is 21.6 Å². The quantitative estimate of drug-likeness (QED) is 0.461. The number of rotatable bonds is 10. The van der Waals surface area contributed by atoms with Gasteiger partial charge in [-0.25, -0.2) is 8.42 Å².